The van der Waals surface area contributed by atoms with Gasteiger partial charge < -0.3 is 4.74 Å². The van der Waals surface area contributed by atoms with Crippen LogP contribution < -0.4 is 0 Å². The maximum absolute atomic E-state index is 12.1. The van der Waals surface area contributed by atoms with E-state index in [1.807, 2.05) is 49.4 Å². The molecule has 0 N–H and O–H groups in total. The second-order valence-corrected chi connectivity index (χ2v) is 5.53. The molecule has 0 saturated heterocycles. The van der Waals surface area contributed by atoms with Gasteiger partial charge in [-0.2, -0.15) is 0 Å². The maximum atomic E-state index is 12.1. The van der Waals surface area contributed by atoms with Gasteiger partial charge in [-0.05, 0) is 29.8 Å². The van der Waals surface area contributed by atoms with Crippen LogP contribution in [0.2, 0.25) is 0 Å². The van der Waals surface area contributed by atoms with Crippen molar-refractivity contribution in [3.05, 3.63) is 83.4 Å². The molecule has 0 aliphatic carbocycles. The zero-order chi connectivity index (χ0) is 14.4. The number of esters is 1. The summed E-state index contributed by atoms with van der Waals surface area (Å²) in [6.07, 6.45) is 0. The topological polar surface area (TPSA) is 26.3 Å². The number of hydrogen-bond acceptors (Lipinski definition) is 2. The lowest BCUT2D eigenvalue weighted by Gasteiger charge is -2.25. The number of carbonyl (C=O) groups is 1. The number of hydrogen-bond donors (Lipinski definition) is 0. The summed E-state index contributed by atoms with van der Waals surface area (Å²) in [6.45, 7) is 1.96. The summed E-state index contributed by atoms with van der Waals surface area (Å²) in [4.78, 5) is 12.1. The van der Waals surface area contributed by atoms with Crippen LogP contribution in [-0.4, -0.2) is 5.97 Å². The molecular weight excluding hydrogens is 260 g/mol. The molecule has 0 fully saturated rings. The van der Waals surface area contributed by atoms with Gasteiger partial charge in [-0.15, -0.1) is 0 Å². The molecule has 4 rings (SSSR count). The van der Waals surface area contributed by atoms with Crippen molar-refractivity contribution in [1.29, 1.82) is 0 Å². The van der Waals surface area contributed by atoms with Crippen molar-refractivity contribution in [2.75, 3.05) is 0 Å². The van der Waals surface area contributed by atoms with Crippen LogP contribution in [0.4, 0.5) is 0 Å². The first-order valence-corrected chi connectivity index (χ1v) is 7.01. The molecule has 1 unspecified atom stereocenters. The minimum absolute atomic E-state index is 0.249. The molecule has 1 atom stereocenters. The monoisotopic (exact) mass is 274 g/mol. The van der Waals surface area contributed by atoms with E-state index in [0.717, 1.165) is 16.5 Å². The Hall–Kier alpha value is -2.61. The van der Waals surface area contributed by atoms with E-state index in [9.17, 15) is 4.79 Å². The first-order chi connectivity index (χ1) is 10.2. The Morgan fingerprint density at radius 2 is 1.57 bits per heavy atom. The van der Waals surface area contributed by atoms with Gasteiger partial charge in [-0.3, -0.25) is 0 Å². The lowest BCUT2D eigenvalue weighted by Crippen LogP contribution is -2.23. The Bertz CT molecular complexity index is 866. The summed E-state index contributed by atoms with van der Waals surface area (Å²) in [6, 6.07) is 22.0. The third kappa shape index (κ3) is 1.69. The predicted octanol–water partition coefficient (Wildman–Crippen LogP) is 4.27. The molecule has 2 nitrogen and oxygen atoms in total. The van der Waals surface area contributed by atoms with Gasteiger partial charge in [0, 0.05) is 11.1 Å². The van der Waals surface area contributed by atoms with Crippen molar-refractivity contribution in [3.63, 3.8) is 0 Å². The highest BCUT2D eigenvalue weighted by atomic mass is 16.6. The minimum atomic E-state index is -0.711. The molecule has 1 aliphatic rings. The van der Waals surface area contributed by atoms with Crippen molar-refractivity contribution in [1.82, 2.24) is 0 Å². The average Bonchev–Trinajstić information content (AvgIpc) is 2.80. The van der Waals surface area contributed by atoms with Crippen LogP contribution in [0.5, 0.6) is 0 Å². The van der Waals surface area contributed by atoms with Crippen LogP contribution in [0.1, 0.15) is 28.4 Å². The van der Waals surface area contributed by atoms with Crippen molar-refractivity contribution in [2.45, 2.75) is 12.5 Å². The molecule has 1 aliphatic heterocycles. The SMILES string of the molecule is CC1(c2ccc3ccccc3c2)OC(=O)c2ccccc21. The molecule has 3 aromatic carbocycles. The quantitative estimate of drug-likeness (QED) is 0.619. The Morgan fingerprint density at radius 1 is 0.857 bits per heavy atom. The first kappa shape index (κ1) is 12.2. The number of benzene rings is 3. The fourth-order valence-corrected chi connectivity index (χ4v) is 3.07. The molecule has 21 heavy (non-hydrogen) atoms. The molecule has 0 amide bonds. The summed E-state index contributed by atoms with van der Waals surface area (Å²) in [5, 5.41) is 2.33. The molecule has 2 heteroatoms. The van der Waals surface area contributed by atoms with Gasteiger partial charge >= 0.3 is 5.97 Å². The molecular formula is C19H14O2. The second kappa shape index (κ2) is 4.19. The van der Waals surface area contributed by atoms with Gasteiger partial charge in [0.25, 0.3) is 0 Å². The van der Waals surface area contributed by atoms with Gasteiger partial charge in [-0.1, -0.05) is 54.6 Å². The van der Waals surface area contributed by atoms with Gasteiger partial charge in [0.05, 0.1) is 5.56 Å². The smallest absolute Gasteiger partial charge is 0.339 e. The van der Waals surface area contributed by atoms with Crippen molar-refractivity contribution in [2.24, 2.45) is 0 Å². The molecule has 0 spiro atoms. The molecule has 0 saturated carbocycles. The predicted molar refractivity (Wildman–Crippen MR) is 82.3 cm³/mol. The van der Waals surface area contributed by atoms with Crippen molar-refractivity contribution < 1.29 is 9.53 Å². The standard InChI is InChI=1S/C19H14O2/c1-19(17-9-5-4-8-16(17)18(20)21-19)15-11-10-13-6-2-3-7-14(13)12-15/h2-12H,1H3. The summed E-state index contributed by atoms with van der Waals surface area (Å²) in [5.74, 6) is -0.249. The number of carbonyl (C=O) groups excluding carboxylic acids is 1. The van der Waals surface area contributed by atoms with Crippen LogP contribution in [0.3, 0.4) is 0 Å². The fraction of sp³-hybridized carbons (Fsp3) is 0.105. The van der Waals surface area contributed by atoms with Crippen LogP contribution in [-0.2, 0) is 10.3 Å². The lowest BCUT2D eigenvalue weighted by atomic mass is 9.86. The molecule has 0 aromatic heterocycles. The summed E-state index contributed by atoms with van der Waals surface area (Å²) in [5.41, 5.74) is 1.88. The third-order valence-corrected chi connectivity index (χ3v) is 4.26. The van der Waals surface area contributed by atoms with Crippen LogP contribution in [0, 0.1) is 0 Å². The third-order valence-electron chi connectivity index (χ3n) is 4.26. The molecule has 102 valence electrons. The van der Waals surface area contributed by atoms with Crippen LogP contribution >= 0.6 is 0 Å². The van der Waals surface area contributed by atoms with E-state index >= 15 is 0 Å². The Morgan fingerprint density at radius 3 is 2.43 bits per heavy atom. The van der Waals surface area contributed by atoms with Crippen molar-refractivity contribution in [3.8, 4) is 0 Å². The Balaban J connectivity index is 1.94. The van der Waals surface area contributed by atoms with Gasteiger partial charge in [0.2, 0.25) is 0 Å². The molecule has 1 heterocycles. The van der Waals surface area contributed by atoms with E-state index in [2.05, 4.69) is 24.3 Å². The summed E-state index contributed by atoms with van der Waals surface area (Å²) < 4.78 is 5.72. The van der Waals surface area contributed by atoms with Crippen molar-refractivity contribution >= 4 is 16.7 Å². The van der Waals surface area contributed by atoms with E-state index in [1.54, 1.807) is 0 Å². The minimum Gasteiger partial charge on any atom is -0.446 e. The summed E-state index contributed by atoms with van der Waals surface area (Å²) >= 11 is 0. The highest BCUT2D eigenvalue weighted by Gasteiger charge is 2.42. The number of cyclic esters (lactones) is 1. The zero-order valence-corrected chi connectivity index (χ0v) is 11.7. The number of ether oxygens (including phenoxy) is 1. The number of rotatable bonds is 1. The lowest BCUT2D eigenvalue weighted by molar-refractivity contribution is 0.0180. The van der Waals surface area contributed by atoms with Crippen LogP contribution in [0.15, 0.2) is 66.7 Å². The fourth-order valence-electron chi connectivity index (χ4n) is 3.07. The van der Waals surface area contributed by atoms with E-state index in [4.69, 9.17) is 4.74 Å². The van der Waals surface area contributed by atoms with Gasteiger partial charge in [-0.25, -0.2) is 4.79 Å². The normalized spacial score (nSPS) is 20.3. The van der Waals surface area contributed by atoms with E-state index < -0.39 is 5.60 Å². The molecule has 0 bridgehead atoms. The molecule has 0 radical (unpaired) electrons. The van der Waals surface area contributed by atoms with E-state index in [1.165, 1.54) is 5.39 Å². The maximum Gasteiger partial charge on any atom is 0.339 e. The van der Waals surface area contributed by atoms with E-state index in [0.29, 0.717) is 5.56 Å². The van der Waals surface area contributed by atoms with Gasteiger partial charge in [0.1, 0.15) is 0 Å². The van der Waals surface area contributed by atoms with E-state index in [-0.39, 0.29) is 5.97 Å². The largest absolute Gasteiger partial charge is 0.446 e. The van der Waals surface area contributed by atoms with Gasteiger partial charge in [0.15, 0.2) is 5.60 Å². The highest BCUT2D eigenvalue weighted by Crippen LogP contribution is 2.42. The molecule has 3 aromatic rings. The average molecular weight is 274 g/mol. The van der Waals surface area contributed by atoms with Crippen LogP contribution in [0.25, 0.3) is 10.8 Å². The second-order valence-electron chi connectivity index (χ2n) is 5.53. The zero-order valence-electron chi connectivity index (χ0n) is 11.7. The summed E-state index contributed by atoms with van der Waals surface area (Å²) in [7, 11) is 0. The first-order valence-electron chi connectivity index (χ1n) is 7.01. The Kier molecular flexibility index (Phi) is 2.43. The Labute approximate surface area is 123 Å². The highest BCUT2D eigenvalue weighted by molar-refractivity contribution is 5.95. The number of fused-ring (bicyclic) bond motifs is 2.